The molecule has 1 aliphatic heterocycles. The van der Waals surface area contributed by atoms with E-state index in [4.69, 9.17) is 14.2 Å². The van der Waals surface area contributed by atoms with E-state index >= 15 is 0 Å². The number of para-hydroxylation sites is 1. The number of hydrogen-bond donors (Lipinski definition) is 0. The molecule has 0 spiro atoms. The van der Waals surface area contributed by atoms with Crippen molar-refractivity contribution in [3.8, 4) is 5.75 Å². The third-order valence-electron chi connectivity index (χ3n) is 1.65. The molecule has 1 heterocycles. The van der Waals surface area contributed by atoms with Crippen LogP contribution in [0.4, 0.5) is 0 Å². The Morgan fingerprint density at radius 1 is 1.23 bits per heavy atom. The topological polar surface area (TPSA) is 27.7 Å². The maximum absolute atomic E-state index is 5.42. The quantitative estimate of drug-likeness (QED) is 0.707. The Hall–Kier alpha value is -1.64. The van der Waals surface area contributed by atoms with Crippen LogP contribution in [0.2, 0.25) is 0 Å². The molecule has 0 amide bonds. The highest BCUT2D eigenvalue weighted by molar-refractivity contribution is 5.21. The van der Waals surface area contributed by atoms with Crippen LogP contribution < -0.4 is 4.74 Å². The minimum absolute atomic E-state index is 0.299. The van der Waals surface area contributed by atoms with Crippen molar-refractivity contribution in [3.63, 3.8) is 0 Å². The van der Waals surface area contributed by atoms with Crippen LogP contribution in [0.15, 0.2) is 42.4 Å². The molecule has 0 radical (unpaired) electrons. The van der Waals surface area contributed by atoms with E-state index < -0.39 is 0 Å². The molecule has 0 saturated heterocycles. The van der Waals surface area contributed by atoms with Crippen LogP contribution >= 0.6 is 0 Å². The van der Waals surface area contributed by atoms with Gasteiger partial charge >= 0.3 is 0 Å². The van der Waals surface area contributed by atoms with Crippen molar-refractivity contribution in [2.45, 2.75) is 0 Å². The van der Waals surface area contributed by atoms with Gasteiger partial charge in [-0.05, 0) is 12.1 Å². The second-order valence-corrected chi connectivity index (χ2v) is 2.61. The van der Waals surface area contributed by atoms with Gasteiger partial charge in [-0.3, -0.25) is 0 Å². The summed E-state index contributed by atoms with van der Waals surface area (Å²) in [7, 11) is 0. The summed E-state index contributed by atoms with van der Waals surface area (Å²) in [6.07, 6.45) is 1.57. The molecule has 2 rings (SSSR count). The average Bonchev–Trinajstić information content (AvgIpc) is 2.69. The van der Waals surface area contributed by atoms with Crippen LogP contribution in [0.1, 0.15) is 0 Å². The molecule has 1 aliphatic rings. The highest BCUT2D eigenvalue weighted by atomic mass is 16.7. The van der Waals surface area contributed by atoms with Gasteiger partial charge in [0, 0.05) is 0 Å². The molecular formula is C10H10O3. The van der Waals surface area contributed by atoms with Gasteiger partial charge in [-0.25, -0.2) is 0 Å². The summed E-state index contributed by atoms with van der Waals surface area (Å²) in [6.45, 7) is 0.720. The van der Waals surface area contributed by atoms with E-state index in [2.05, 4.69) is 0 Å². The summed E-state index contributed by atoms with van der Waals surface area (Å²) in [5.41, 5.74) is 0. The molecule has 0 aliphatic carbocycles. The summed E-state index contributed by atoms with van der Waals surface area (Å²) >= 11 is 0. The molecule has 0 bridgehead atoms. The SMILES string of the molecule is C1=C(COc2ccccc2)OCO1. The molecule has 1 aromatic rings. The van der Waals surface area contributed by atoms with Gasteiger partial charge in [0.2, 0.25) is 6.79 Å². The third kappa shape index (κ3) is 2.15. The van der Waals surface area contributed by atoms with Gasteiger partial charge in [0.05, 0.1) is 0 Å². The van der Waals surface area contributed by atoms with Crippen molar-refractivity contribution >= 4 is 0 Å². The number of rotatable bonds is 3. The molecule has 0 fully saturated rings. The molecule has 3 heteroatoms. The first-order valence-electron chi connectivity index (χ1n) is 4.06. The minimum Gasteiger partial charge on any atom is -0.486 e. The molecule has 0 atom stereocenters. The lowest BCUT2D eigenvalue weighted by molar-refractivity contribution is 0.0713. The second kappa shape index (κ2) is 3.85. The predicted octanol–water partition coefficient (Wildman–Crippen LogP) is 1.91. The zero-order valence-electron chi connectivity index (χ0n) is 7.10. The first kappa shape index (κ1) is 7.98. The fraction of sp³-hybridized carbons (Fsp3) is 0.200. The van der Waals surface area contributed by atoms with Crippen molar-refractivity contribution in [2.24, 2.45) is 0 Å². The molecule has 0 aromatic heterocycles. The number of ether oxygens (including phenoxy) is 3. The maximum atomic E-state index is 5.42. The van der Waals surface area contributed by atoms with Gasteiger partial charge in [-0.2, -0.15) is 0 Å². The van der Waals surface area contributed by atoms with Gasteiger partial charge in [-0.1, -0.05) is 18.2 Å². The highest BCUT2D eigenvalue weighted by Gasteiger charge is 2.06. The lowest BCUT2D eigenvalue weighted by Gasteiger charge is -2.04. The van der Waals surface area contributed by atoms with Gasteiger partial charge in [-0.15, -0.1) is 0 Å². The molecule has 68 valence electrons. The van der Waals surface area contributed by atoms with Crippen molar-refractivity contribution in [1.29, 1.82) is 0 Å². The minimum atomic E-state index is 0.299. The van der Waals surface area contributed by atoms with Crippen LogP contribution in [0, 0.1) is 0 Å². The van der Waals surface area contributed by atoms with Crippen LogP contribution in [0.3, 0.4) is 0 Å². The van der Waals surface area contributed by atoms with E-state index in [0.717, 1.165) is 11.5 Å². The van der Waals surface area contributed by atoms with E-state index in [1.807, 2.05) is 30.3 Å². The van der Waals surface area contributed by atoms with Crippen LogP contribution in [0.25, 0.3) is 0 Å². The van der Waals surface area contributed by atoms with E-state index in [1.165, 1.54) is 0 Å². The van der Waals surface area contributed by atoms with Crippen LogP contribution in [0.5, 0.6) is 5.75 Å². The molecule has 0 unspecified atom stereocenters. The Morgan fingerprint density at radius 3 is 2.77 bits per heavy atom. The lowest BCUT2D eigenvalue weighted by Crippen LogP contribution is -2.01. The number of hydrogen-bond acceptors (Lipinski definition) is 3. The van der Waals surface area contributed by atoms with E-state index in [1.54, 1.807) is 6.26 Å². The zero-order valence-corrected chi connectivity index (χ0v) is 7.10. The molecule has 0 N–H and O–H groups in total. The summed E-state index contributed by atoms with van der Waals surface area (Å²) in [5, 5.41) is 0. The smallest absolute Gasteiger partial charge is 0.230 e. The average molecular weight is 178 g/mol. The zero-order chi connectivity index (χ0) is 8.93. The Morgan fingerprint density at radius 2 is 2.08 bits per heavy atom. The van der Waals surface area contributed by atoms with Gasteiger partial charge < -0.3 is 14.2 Å². The summed E-state index contributed by atoms with van der Waals surface area (Å²) in [4.78, 5) is 0. The summed E-state index contributed by atoms with van der Waals surface area (Å²) in [5.74, 6) is 1.56. The first-order chi connectivity index (χ1) is 6.45. The van der Waals surface area contributed by atoms with Crippen molar-refractivity contribution in [3.05, 3.63) is 42.4 Å². The second-order valence-electron chi connectivity index (χ2n) is 2.61. The number of benzene rings is 1. The Kier molecular flexibility index (Phi) is 2.36. The van der Waals surface area contributed by atoms with Crippen molar-refractivity contribution in [2.75, 3.05) is 13.4 Å². The third-order valence-corrected chi connectivity index (χ3v) is 1.65. The fourth-order valence-corrected chi connectivity index (χ4v) is 1.02. The predicted molar refractivity (Wildman–Crippen MR) is 47.1 cm³/mol. The van der Waals surface area contributed by atoms with E-state index in [-0.39, 0.29) is 0 Å². The Bertz CT molecular complexity index is 292. The summed E-state index contributed by atoms with van der Waals surface area (Å²) < 4.78 is 15.4. The van der Waals surface area contributed by atoms with Crippen LogP contribution in [-0.4, -0.2) is 13.4 Å². The standard InChI is InChI=1S/C10H10O3/c1-2-4-9(5-3-1)12-7-10-6-11-8-13-10/h1-6H,7-8H2. The molecule has 0 saturated carbocycles. The van der Waals surface area contributed by atoms with E-state index in [9.17, 15) is 0 Å². The fourth-order valence-electron chi connectivity index (χ4n) is 1.02. The van der Waals surface area contributed by atoms with Gasteiger partial charge in [0.1, 0.15) is 18.6 Å². The maximum Gasteiger partial charge on any atom is 0.230 e. The van der Waals surface area contributed by atoms with E-state index in [0.29, 0.717) is 13.4 Å². The Labute approximate surface area is 76.5 Å². The highest BCUT2D eigenvalue weighted by Crippen LogP contribution is 2.12. The molecular weight excluding hydrogens is 168 g/mol. The van der Waals surface area contributed by atoms with Crippen molar-refractivity contribution in [1.82, 2.24) is 0 Å². The monoisotopic (exact) mass is 178 g/mol. The first-order valence-corrected chi connectivity index (χ1v) is 4.06. The van der Waals surface area contributed by atoms with Gasteiger partial charge in [0.25, 0.3) is 0 Å². The van der Waals surface area contributed by atoms with Crippen molar-refractivity contribution < 1.29 is 14.2 Å². The van der Waals surface area contributed by atoms with Gasteiger partial charge in [0.15, 0.2) is 5.76 Å². The normalized spacial score (nSPS) is 14.3. The largest absolute Gasteiger partial charge is 0.486 e. The summed E-state index contributed by atoms with van der Waals surface area (Å²) in [6, 6.07) is 9.60. The molecule has 13 heavy (non-hydrogen) atoms. The van der Waals surface area contributed by atoms with Crippen LogP contribution in [-0.2, 0) is 9.47 Å². The molecule has 1 aromatic carbocycles. The Balaban J connectivity index is 1.86. The lowest BCUT2D eigenvalue weighted by atomic mass is 10.3. The molecule has 3 nitrogen and oxygen atoms in total.